The third-order valence-electron chi connectivity index (χ3n) is 2.80. The first-order chi connectivity index (χ1) is 8.86. The monoisotopic (exact) mass is 260 g/mol. The maximum Gasteiger partial charge on any atom is 0.182 e. The van der Waals surface area contributed by atoms with E-state index in [1.165, 1.54) is 11.1 Å². The smallest absolute Gasteiger partial charge is 0.182 e. The van der Waals surface area contributed by atoms with E-state index >= 15 is 0 Å². The van der Waals surface area contributed by atoms with Crippen molar-refractivity contribution in [1.29, 1.82) is 0 Å². The predicted octanol–water partition coefficient (Wildman–Crippen LogP) is 4.38. The Morgan fingerprint density at radius 3 is 1.44 bits per heavy atom. The van der Waals surface area contributed by atoms with Gasteiger partial charge in [0.15, 0.2) is 8.38 Å². The largest absolute Gasteiger partial charge is 0.337 e. The zero-order valence-corrected chi connectivity index (χ0v) is 11.5. The molecule has 0 bridgehead atoms. The Hall–Kier alpha value is -1.21. The molecule has 0 aromatic heterocycles. The van der Waals surface area contributed by atoms with Crippen LogP contribution in [0.25, 0.3) is 0 Å². The molecule has 3 heteroatoms. The van der Waals surface area contributed by atoms with Gasteiger partial charge >= 0.3 is 0 Å². The molecule has 94 valence electrons. The highest BCUT2D eigenvalue weighted by Gasteiger charge is 2.25. The minimum absolute atomic E-state index is 0.150. The lowest BCUT2D eigenvalue weighted by Gasteiger charge is -2.24. The van der Waals surface area contributed by atoms with E-state index in [1.807, 2.05) is 36.4 Å². The van der Waals surface area contributed by atoms with Crippen LogP contribution < -0.4 is 0 Å². The molecule has 2 aromatic rings. The number of benzene rings is 2. The van der Waals surface area contributed by atoms with E-state index in [2.05, 4.69) is 24.3 Å². The summed E-state index contributed by atoms with van der Waals surface area (Å²) in [6, 6.07) is 20.7. The highest BCUT2D eigenvalue weighted by Crippen LogP contribution is 2.55. The standard InChI is InChI=1S/C15H17O2P/c1-16-18(17-2)15(13-9-5-3-6-10-13)14-11-7-4-8-12-14/h3-12,15H,1-2H3. The van der Waals surface area contributed by atoms with Gasteiger partial charge in [-0.3, -0.25) is 0 Å². The van der Waals surface area contributed by atoms with Crippen LogP contribution in [0, 0.1) is 0 Å². The molecule has 0 aliphatic heterocycles. The molecular weight excluding hydrogens is 243 g/mol. The fourth-order valence-corrected chi connectivity index (χ4v) is 3.39. The van der Waals surface area contributed by atoms with Gasteiger partial charge < -0.3 is 9.05 Å². The van der Waals surface area contributed by atoms with Gasteiger partial charge in [-0.2, -0.15) is 0 Å². The molecule has 0 saturated carbocycles. The van der Waals surface area contributed by atoms with Crippen molar-refractivity contribution in [3.63, 3.8) is 0 Å². The first-order valence-corrected chi connectivity index (χ1v) is 7.09. The van der Waals surface area contributed by atoms with Crippen molar-refractivity contribution in [2.24, 2.45) is 0 Å². The highest BCUT2D eigenvalue weighted by molar-refractivity contribution is 7.48. The molecule has 0 spiro atoms. The molecule has 0 heterocycles. The van der Waals surface area contributed by atoms with E-state index in [9.17, 15) is 0 Å². The van der Waals surface area contributed by atoms with Crippen molar-refractivity contribution in [3.05, 3.63) is 71.8 Å². The van der Waals surface area contributed by atoms with E-state index in [1.54, 1.807) is 14.2 Å². The van der Waals surface area contributed by atoms with Crippen molar-refractivity contribution in [3.8, 4) is 0 Å². The van der Waals surface area contributed by atoms with Gasteiger partial charge in [0.25, 0.3) is 0 Å². The van der Waals surface area contributed by atoms with Crippen LogP contribution >= 0.6 is 8.38 Å². The fraction of sp³-hybridized carbons (Fsp3) is 0.200. The second-order valence-corrected chi connectivity index (χ2v) is 5.69. The van der Waals surface area contributed by atoms with E-state index < -0.39 is 8.38 Å². The minimum atomic E-state index is -0.972. The average Bonchev–Trinajstić information content (AvgIpc) is 2.46. The lowest BCUT2D eigenvalue weighted by molar-refractivity contribution is 0.335. The van der Waals surface area contributed by atoms with Crippen LogP contribution in [0.2, 0.25) is 0 Å². The van der Waals surface area contributed by atoms with Crippen molar-refractivity contribution >= 4 is 8.38 Å². The highest BCUT2D eigenvalue weighted by atomic mass is 31.2. The second kappa shape index (κ2) is 6.65. The summed E-state index contributed by atoms with van der Waals surface area (Å²) in [5.41, 5.74) is 2.59. The van der Waals surface area contributed by atoms with Crippen molar-refractivity contribution < 1.29 is 9.05 Å². The Bertz CT molecular complexity index is 415. The first-order valence-electron chi connectivity index (χ1n) is 5.84. The maximum absolute atomic E-state index is 5.51. The Morgan fingerprint density at radius 2 is 1.11 bits per heavy atom. The van der Waals surface area contributed by atoms with Crippen LogP contribution in [0.3, 0.4) is 0 Å². The number of hydrogen-bond acceptors (Lipinski definition) is 2. The summed E-state index contributed by atoms with van der Waals surface area (Å²) in [7, 11) is 2.43. The van der Waals surface area contributed by atoms with Crippen LogP contribution in [0.4, 0.5) is 0 Å². The molecule has 2 nitrogen and oxygen atoms in total. The molecule has 0 N–H and O–H groups in total. The van der Waals surface area contributed by atoms with Gasteiger partial charge in [0, 0.05) is 14.2 Å². The molecule has 0 saturated heterocycles. The number of rotatable bonds is 5. The van der Waals surface area contributed by atoms with Gasteiger partial charge in [-0.15, -0.1) is 0 Å². The summed E-state index contributed by atoms with van der Waals surface area (Å²) in [4.78, 5) is 0. The Morgan fingerprint density at radius 1 is 0.722 bits per heavy atom. The van der Waals surface area contributed by atoms with Crippen LogP contribution in [-0.4, -0.2) is 14.2 Å². The third kappa shape index (κ3) is 2.97. The molecule has 0 aliphatic rings. The summed E-state index contributed by atoms with van der Waals surface area (Å²) < 4.78 is 11.0. The van der Waals surface area contributed by atoms with Gasteiger partial charge in [0.1, 0.15) is 0 Å². The van der Waals surface area contributed by atoms with Crippen LogP contribution in [0.5, 0.6) is 0 Å². The van der Waals surface area contributed by atoms with Gasteiger partial charge in [0.2, 0.25) is 0 Å². The zero-order chi connectivity index (χ0) is 12.8. The summed E-state index contributed by atoms with van der Waals surface area (Å²) >= 11 is 0. The maximum atomic E-state index is 5.51. The summed E-state index contributed by atoms with van der Waals surface area (Å²) in [5, 5.41) is 0. The topological polar surface area (TPSA) is 18.5 Å². The van der Waals surface area contributed by atoms with Crippen molar-refractivity contribution in [1.82, 2.24) is 0 Å². The second-order valence-electron chi connectivity index (χ2n) is 3.87. The molecule has 2 aromatic carbocycles. The van der Waals surface area contributed by atoms with Crippen molar-refractivity contribution in [2.45, 2.75) is 5.66 Å². The van der Waals surface area contributed by atoms with Gasteiger partial charge in [0.05, 0.1) is 5.66 Å². The predicted molar refractivity (Wildman–Crippen MR) is 75.7 cm³/mol. The molecule has 0 atom stereocenters. The molecule has 18 heavy (non-hydrogen) atoms. The summed E-state index contributed by atoms with van der Waals surface area (Å²) in [6.45, 7) is 0. The van der Waals surface area contributed by atoms with E-state index in [0.29, 0.717) is 0 Å². The number of hydrogen-bond donors (Lipinski definition) is 0. The van der Waals surface area contributed by atoms with Crippen molar-refractivity contribution in [2.75, 3.05) is 14.2 Å². The van der Waals surface area contributed by atoms with Gasteiger partial charge in [-0.1, -0.05) is 60.7 Å². The molecule has 0 aliphatic carbocycles. The third-order valence-corrected chi connectivity index (χ3v) is 4.54. The zero-order valence-electron chi connectivity index (χ0n) is 10.6. The molecule has 0 unspecified atom stereocenters. The minimum Gasteiger partial charge on any atom is -0.337 e. The fourth-order valence-electron chi connectivity index (χ4n) is 1.99. The van der Waals surface area contributed by atoms with Crippen LogP contribution in [0.1, 0.15) is 16.8 Å². The van der Waals surface area contributed by atoms with Crippen LogP contribution in [-0.2, 0) is 9.05 Å². The molecule has 2 rings (SSSR count). The van der Waals surface area contributed by atoms with Crippen LogP contribution in [0.15, 0.2) is 60.7 Å². The van der Waals surface area contributed by atoms with E-state index in [0.717, 1.165) is 0 Å². The SMILES string of the molecule is COP(OC)C(c1ccccc1)c1ccccc1. The average molecular weight is 260 g/mol. The quantitative estimate of drug-likeness (QED) is 0.743. The Labute approximate surface area is 109 Å². The Balaban J connectivity index is 2.41. The lowest BCUT2D eigenvalue weighted by Crippen LogP contribution is -2.01. The Kier molecular flexibility index (Phi) is 4.89. The first kappa shape index (κ1) is 13.2. The van der Waals surface area contributed by atoms with E-state index in [4.69, 9.17) is 9.05 Å². The molecule has 0 amide bonds. The van der Waals surface area contributed by atoms with Gasteiger partial charge in [-0.25, -0.2) is 0 Å². The summed E-state index contributed by atoms with van der Waals surface area (Å²) in [5.74, 6) is 0. The molecule has 0 radical (unpaired) electrons. The van der Waals surface area contributed by atoms with Gasteiger partial charge in [-0.05, 0) is 11.1 Å². The summed E-state index contributed by atoms with van der Waals surface area (Å²) in [6.07, 6.45) is 0. The molecular formula is C15H17O2P. The lowest BCUT2D eigenvalue weighted by atomic mass is 10.0. The normalized spacial score (nSPS) is 11.1. The molecule has 0 fully saturated rings. The van der Waals surface area contributed by atoms with E-state index in [-0.39, 0.29) is 5.66 Å².